The average Bonchev–Trinajstić information content (AvgIpc) is 3.76. The first-order valence-corrected chi connectivity index (χ1v) is 15.2. The molecule has 4 aromatic rings. The molecule has 0 unspecified atom stereocenters. The second-order valence-corrected chi connectivity index (χ2v) is 12.8. The number of nitrogens with one attached hydrogen (secondary N) is 1. The van der Waals surface area contributed by atoms with Crippen LogP contribution in [0.5, 0.6) is 0 Å². The summed E-state index contributed by atoms with van der Waals surface area (Å²) in [6, 6.07) is 15.0. The zero-order valence-corrected chi connectivity index (χ0v) is 22.8. The van der Waals surface area contributed by atoms with E-state index in [4.69, 9.17) is 0 Å². The standard InChI is InChI=1S/C31H32N4O3S/c1-20-17-33-18-24-3-2-21(14-26(20)24)15-30(36)28-16-27(28)22-4-6-25(7-5-22)39(37,38)19-31-34-13-10-29(35-31)23-8-11-32-12-9-23/h2-7,10,13-14,17-18,23,27-28,32H,8-9,11-12,15-16,19H2,1H3/t27-,28+/m0/s1. The maximum atomic E-state index is 13.1. The van der Waals surface area contributed by atoms with Gasteiger partial charge in [0, 0.05) is 47.9 Å². The van der Waals surface area contributed by atoms with Gasteiger partial charge in [0.2, 0.25) is 0 Å². The lowest BCUT2D eigenvalue weighted by atomic mass is 9.94. The Morgan fingerprint density at radius 1 is 1.03 bits per heavy atom. The zero-order valence-electron chi connectivity index (χ0n) is 22.0. The summed E-state index contributed by atoms with van der Waals surface area (Å²) in [6.07, 6.45) is 8.55. The number of carbonyl (C=O) groups excluding carboxylic acids is 1. The highest BCUT2D eigenvalue weighted by Gasteiger charge is 2.43. The summed E-state index contributed by atoms with van der Waals surface area (Å²) in [7, 11) is -3.58. The quantitative estimate of drug-likeness (QED) is 0.346. The van der Waals surface area contributed by atoms with Crippen LogP contribution in [0, 0.1) is 12.8 Å². The van der Waals surface area contributed by atoms with E-state index in [-0.39, 0.29) is 28.3 Å². The molecule has 2 atom stereocenters. The summed E-state index contributed by atoms with van der Waals surface area (Å²) in [4.78, 5) is 26.3. The van der Waals surface area contributed by atoms with Gasteiger partial charge in [-0.1, -0.05) is 30.3 Å². The van der Waals surface area contributed by atoms with Crippen molar-refractivity contribution in [3.63, 3.8) is 0 Å². The molecule has 2 fully saturated rings. The van der Waals surface area contributed by atoms with Crippen LogP contribution in [0.4, 0.5) is 0 Å². The number of Topliss-reactive ketones (excluding diaryl/α,β-unsaturated/α-hetero) is 1. The number of aromatic nitrogens is 3. The number of hydrogen-bond donors (Lipinski definition) is 1. The van der Waals surface area contributed by atoms with E-state index in [1.54, 1.807) is 18.3 Å². The van der Waals surface area contributed by atoms with E-state index in [1.165, 1.54) is 0 Å². The molecule has 7 nitrogen and oxygen atoms in total. The highest BCUT2D eigenvalue weighted by molar-refractivity contribution is 7.90. The number of fused-ring (bicyclic) bond motifs is 1. The van der Waals surface area contributed by atoms with Crippen LogP contribution >= 0.6 is 0 Å². The van der Waals surface area contributed by atoms with Crippen molar-refractivity contribution in [1.29, 1.82) is 0 Å². The van der Waals surface area contributed by atoms with Gasteiger partial charge in [0.05, 0.1) is 4.90 Å². The smallest absolute Gasteiger partial charge is 0.185 e. The molecule has 1 aliphatic carbocycles. The minimum Gasteiger partial charge on any atom is -0.317 e. The van der Waals surface area contributed by atoms with Gasteiger partial charge in [-0.2, -0.15) is 0 Å². The lowest BCUT2D eigenvalue weighted by Crippen LogP contribution is -2.27. The fraction of sp³-hybridized carbons (Fsp3) is 0.355. The third kappa shape index (κ3) is 5.63. The number of sulfone groups is 1. The number of aryl methyl sites for hydroxylation is 1. The molecule has 1 saturated carbocycles. The van der Waals surface area contributed by atoms with Crippen molar-refractivity contribution in [1.82, 2.24) is 20.3 Å². The molecular weight excluding hydrogens is 508 g/mol. The van der Waals surface area contributed by atoms with Crippen LogP contribution in [0.15, 0.2) is 72.0 Å². The minimum atomic E-state index is -3.58. The Hall–Kier alpha value is -3.49. The molecule has 8 heteroatoms. The first-order valence-electron chi connectivity index (χ1n) is 13.6. The molecule has 0 radical (unpaired) electrons. The third-order valence-corrected chi connectivity index (χ3v) is 9.71. The van der Waals surface area contributed by atoms with Gasteiger partial charge in [0.25, 0.3) is 0 Å². The molecule has 0 amide bonds. The van der Waals surface area contributed by atoms with Gasteiger partial charge >= 0.3 is 0 Å². The monoisotopic (exact) mass is 540 g/mol. The maximum absolute atomic E-state index is 13.1. The summed E-state index contributed by atoms with van der Waals surface area (Å²) in [5, 5.41) is 5.55. The Morgan fingerprint density at radius 3 is 2.62 bits per heavy atom. The third-order valence-electron chi connectivity index (χ3n) is 8.08. The van der Waals surface area contributed by atoms with Crippen LogP contribution < -0.4 is 5.32 Å². The number of carbonyl (C=O) groups is 1. The predicted molar refractivity (Wildman–Crippen MR) is 150 cm³/mol. The van der Waals surface area contributed by atoms with Gasteiger partial charge in [0.15, 0.2) is 9.84 Å². The van der Waals surface area contributed by atoms with Crippen LogP contribution in [-0.2, 0) is 26.8 Å². The molecule has 200 valence electrons. The molecule has 0 spiro atoms. The lowest BCUT2D eigenvalue weighted by molar-refractivity contribution is -0.119. The van der Waals surface area contributed by atoms with E-state index in [0.29, 0.717) is 18.2 Å². The Morgan fingerprint density at radius 2 is 1.82 bits per heavy atom. The molecule has 0 bridgehead atoms. The van der Waals surface area contributed by atoms with E-state index in [1.807, 2.05) is 49.6 Å². The molecule has 6 rings (SSSR count). The Bertz CT molecular complexity index is 1630. The Labute approximate surface area is 229 Å². The van der Waals surface area contributed by atoms with Crippen molar-refractivity contribution in [3.05, 3.63) is 95.3 Å². The van der Waals surface area contributed by atoms with Gasteiger partial charge in [-0.3, -0.25) is 9.78 Å². The Balaban J connectivity index is 1.09. The van der Waals surface area contributed by atoms with Gasteiger partial charge in [-0.05, 0) is 85.5 Å². The summed E-state index contributed by atoms with van der Waals surface area (Å²) in [5.41, 5.74) is 4.05. The van der Waals surface area contributed by atoms with Gasteiger partial charge in [0.1, 0.15) is 17.4 Å². The molecule has 2 aromatic carbocycles. The zero-order chi connectivity index (χ0) is 27.0. The number of pyridine rings is 1. The predicted octanol–water partition coefficient (Wildman–Crippen LogP) is 4.69. The van der Waals surface area contributed by atoms with E-state index >= 15 is 0 Å². The second kappa shape index (κ2) is 10.6. The Kier molecular flexibility index (Phi) is 6.99. The first kappa shape index (κ1) is 25.8. The summed E-state index contributed by atoms with van der Waals surface area (Å²) in [6.45, 7) is 3.92. The van der Waals surface area contributed by atoms with Gasteiger partial charge < -0.3 is 5.32 Å². The van der Waals surface area contributed by atoms with Gasteiger partial charge in [-0.15, -0.1) is 0 Å². The second-order valence-electron chi connectivity index (χ2n) is 10.9. The molecular formula is C31H32N4O3S. The number of hydrogen-bond acceptors (Lipinski definition) is 7. The number of nitrogens with zero attached hydrogens (tertiary/aromatic N) is 3. The molecule has 1 N–H and O–H groups in total. The molecule has 2 aliphatic rings. The van der Waals surface area contributed by atoms with Crippen molar-refractivity contribution in [3.8, 4) is 0 Å². The van der Waals surface area contributed by atoms with Crippen molar-refractivity contribution in [2.24, 2.45) is 5.92 Å². The van der Waals surface area contributed by atoms with E-state index in [9.17, 15) is 13.2 Å². The van der Waals surface area contributed by atoms with Crippen LogP contribution in [0.3, 0.4) is 0 Å². The summed E-state index contributed by atoms with van der Waals surface area (Å²) < 4.78 is 26.3. The summed E-state index contributed by atoms with van der Waals surface area (Å²) in [5.74, 6) is 0.804. The highest BCUT2D eigenvalue weighted by atomic mass is 32.2. The maximum Gasteiger partial charge on any atom is 0.185 e. The molecule has 39 heavy (non-hydrogen) atoms. The van der Waals surface area contributed by atoms with E-state index < -0.39 is 9.84 Å². The number of ketones is 1. The average molecular weight is 541 g/mol. The topological polar surface area (TPSA) is 102 Å². The minimum absolute atomic E-state index is 0.0205. The molecule has 1 saturated heterocycles. The molecule has 3 heterocycles. The van der Waals surface area contributed by atoms with Crippen LogP contribution in [0.25, 0.3) is 10.8 Å². The summed E-state index contributed by atoms with van der Waals surface area (Å²) >= 11 is 0. The molecule has 2 aromatic heterocycles. The first-order chi connectivity index (χ1) is 18.9. The van der Waals surface area contributed by atoms with Crippen LogP contribution in [0.2, 0.25) is 0 Å². The van der Waals surface area contributed by atoms with E-state index in [0.717, 1.165) is 65.5 Å². The van der Waals surface area contributed by atoms with Crippen molar-refractivity contribution in [2.45, 2.75) is 55.1 Å². The SMILES string of the molecule is Cc1cncc2ccc(CC(=O)[C@@H]3C[C@H]3c3ccc(S(=O)(=O)Cc4nccc(C5CCNCC5)n4)cc3)cc12. The molecule has 1 aliphatic heterocycles. The van der Waals surface area contributed by atoms with Gasteiger partial charge in [-0.25, -0.2) is 18.4 Å². The largest absolute Gasteiger partial charge is 0.317 e. The lowest BCUT2D eigenvalue weighted by Gasteiger charge is -2.22. The van der Waals surface area contributed by atoms with Crippen LogP contribution in [0.1, 0.15) is 59.3 Å². The van der Waals surface area contributed by atoms with Crippen LogP contribution in [-0.4, -0.2) is 42.2 Å². The fourth-order valence-electron chi connectivity index (χ4n) is 5.72. The normalized spacial score (nSPS) is 19.7. The number of piperidine rings is 1. The highest BCUT2D eigenvalue weighted by Crippen LogP contribution is 2.48. The van der Waals surface area contributed by atoms with Crippen molar-refractivity contribution < 1.29 is 13.2 Å². The number of benzene rings is 2. The van der Waals surface area contributed by atoms with Crippen molar-refractivity contribution >= 4 is 26.4 Å². The van der Waals surface area contributed by atoms with Crippen molar-refractivity contribution in [2.75, 3.05) is 13.1 Å². The van der Waals surface area contributed by atoms with E-state index in [2.05, 4.69) is 26.3 Å². The fourth-order valence-corrected chi connectivity index (χ4v) is 6.92. The number of rotatable bonds is 8.